The number of carbonyl (C=O) groups is 1. The highest BCUT2D eigenvalue weighted by atomic mass is 35.5. The second-order valence-electron chi connectivity index (χ2n) is 6.11. The molecule has 1 atom stereocenters. The Labute approximate surface area is 158 Å². The molecule has 134 valence electrons. The van der Waals surface area contributed by atoms with Crippen LogP contribution < -0.4 is 5.73 Å². The monoisotopic (exact) mass is 369 g/mol. The Hall–Kier alpha value is -2.70. The molecule has 6 nitrogen and oxygen atoms in total. The average molecular weight is 370 g/mol. The summed E-state index contributed by atoms with van der Waals surface area (Å²) >= 11 is 0. The zero-order chi connectivity index (χ0) is 17.2. The van der Waals surface area contributed by atoms with Crippen LogP contribution in [0.1, 0.15) is 17.4 Å². The highest BCUT2D eigenvalue weighted by Gasteiger charge is 2.28. The van der Waals surface area contributed by atoms with Gasteiger partial charge in [-0.25, -0.2) is 0 Å². The summed E-state index contributed by atoms with van der Waals surface area (Å²) in [6, 6.07) is 18.8. The van der Waals surface area contributed by atoms with Crippen molar-refractivity contribution in [1.82, 2.24) is 19.7 Å². The fourth-order valence-corrected chi connectivity index (χ4v) is 3.15. The first-order chi connectivity index (χ1) is 12.2. The standard InChI is InChI=1S/C19H19N5O.ClH/c20-17(14-7-3-1-4-8-14)19(25)23-11-12-24-16(13-23)21-22-18(24)15-9-5-2-6-10-15;/h1-10,17H,11-13,20H2;1H. The molecule has 0 saturated carbocycles. The number of fused-ring (bicyclic) bond motifs is 1. The molecule has 4 rings (SSSR count). The Bertz CT molecular complexity index is 881. The Morgan fingerprint density at radius 2 is 1.62 bits per heavy atom. The van der Waals surface area contributed by atoms with Crippen LogP contribution in [0.3, 0.4) is 0 Å². The third-order valence-corrected chi connectivity index (χ3v) is 4.52. The third-order valence-electron chi connectivity index (χ3n) is 4.52. The van der Waals surface area contributed by atoms with Gasteiger partial charge >= 0.3 is 0 Å². The maximum atomic E-state index is 12.7. The van der Waals surface area contributed by atoms with Crippen LogP contribution in [-0.4, -0.2) is 32.1 Å². The van der Waals surface area contributed by atoms with Crippen molar-refractivity contribution >= 4 is 18.3 Å². The van der Waals surface area contributed by atoms with Gasteiger partial charge in [-0.05, 0) is 5.56 Å². The van der Waals surface area contributed by atoms with E-state index in [-0.39, 0.29) is 18.3 Å². The molecule has 1 aromatic heterocycles. The number of nitrogens with zero attached hydrogens (tertiary/aromatic N) is 4. The van der Waals surface area contributed by atoms with Gasteiger partial charge in [0.25, 0.3) is 0 Å². The van der Waals surface area contributed by atoms with Gasteiger partial charge in [-0.3, -0.25) is 4.79 Å². The maximum Gasteiger partial charge on any atom is 0.244 e. The molecule has 2 N–H and O–H groups in total. The summed E-state index contributed by atoms with van der Waals surface area (Å²) in [5.74, 6) is 1.55. The number of nitrogens with two attached hydrogens (primary N) is 1. The van der Waals surface area contributed by atoms with Crippen molar-refractivity contribution in [2.45, 2.75) is 19.1 Å². The first kappa shape index (κ1) is 18.1. The SMILES string of the molecule is Cl.NC(C(=O)N1CCn2c(nnc2-c2ccccc2)C1)c1ccccc1. The topological polar surface area (TPSA) is 77.0 Å². The molecule has 1 aliphatic heterocycles. The van der Waals surface area contributed by atoms with E-state index in [0.29, 0.717) is 19.6 Å². The second kappa shape index (κ2) is 7.68. The number of benzene rings is 2. The highest BCUT2D eigenvalue weighted by molar-refractivity contribution is 5.85. The van der Waals surface area contributed by atoms with E-state index >= 15 is 0 Å². The summed E-state index contributed by atoms with van der Waals surface area (Å²) < 4.78 is 2.08. The zero-order valence-electron chi connectivity index (χ0n) is 14.2. The van der Waals surface area contributed by atoms with Crippen LogP contribution >= 0.6 is 12.4 Å². The molecule has 0 aliphatic carbocycles. The van der Waals surface area contributed by atoms with Gasteiger partial charge in [0.15, 0.2) is 11.6 Å². The van der Waals surface area contributed by atoms with Gasteiger partial charge < -0.3 is 15.2 Å². The Balaban J connectivity index is 0.00000196. The van der Waals surface area contributed by atoms with Crippen molar-refractivity contribution in [3.05, 3.63) is 72.1 Å². The van der Waals surface area contributed by atoms with Gasteiger partial charge in [0.2, 0.25) is 5.91 Å². The normalized spacial score (nSPS) is 14.3. The van der Waals surface area contributed by atoms with E-state index in [9.17, 15) is 4.79 Å². The molecule has 0 bridgehead atoms. The lowest BCUT2D eigenvalue weighted by Gasteiger charge is -2.30. The van der Waals surface area contributed by atoms with Crippen molar-refractivity contribution in [2.75, 3.05) is 6.54 Å². The predicted molar refractivity (Wildman–Crippen MR) is 101 cm³/mol. The maximum absolute atomic E-state index is 12.7. The number of hydrogen-bond donors (Lipinski definition) is 1. The van der Waals surface area contributed by atoms with Gasteiger partial charge in [0.1, 0.15) is 6.04 Å². The smallest absolute Gasteiger partial charge is 0.244 e. The minimum absolute atomic E-state index is 0. The number of amides is 1. The molecule has 2 heterocycles. The van der Waals surface area contributed by atoms with Crippen molar-refractivity contribution in [3.8, 4) is 11.4 Å². The lowest BCUT2D eigenvalue weighted by atomic mass is 10.1. The zero-order valence-corrected chi connectivity index (χ0v) is 15.0. The molecular formula is C19H20ClN5O. The van der Waals surface area contributed by atoms with E-state index in [1.54, 1.807) is 4.90 Å². The molecule has 0 fully saturated rings. The quantitative estimate of drug-likeness (QED) is 0.769. The summed E-state index contributed by atoms with van der Waals surface area (Å²) in [5, 5.41) is 8.58. The van der Waals surface area contributed by atoms with Gasteiger partial charge in [-0.15, -0.1) is 22.6 Å². The fourth-order valence-electron chi connectivity index (χ4n) is 3.15. The van der Waals surface area contributed by atoms with E-state index in [0.717, 1.165) is 22.8 Å². The molecule has 26 heavy (non-hydrogen) atoms. The minimum atomic E-state index is -0.649. The van der Waals surface area contributed by atoms with Crippen molar-refractivity contribution < 1.29 is 4.79 Å². The third kappa shape index (κ3) is 3.34. The lowest BCUT2D eigenvalue weighted by molar-refractivity contribution is -0.134. The number of carbonyl (C=O) groups excluding carboxylic acids is 1. The number of hydrogen-bond acceptors (Lipinski definition) is 4. The lowest BCUT2D eigenvalue weighted by Crippen LogP contribution is -2.43. The van der Waals surface area contributed by atoms with Crippen molar-refractivity contribution in [2.24, 2.45) is 5.73 Å². The van der Waals surface area contributed by atoms with Gasteiger partial charge in [-0.2, -0.15) is 0 Å². The number of halogens is 1. The molecule has 0 saturated heterocycles. The number of aromatic nitrogens is 3. The highest BCUT2D eigenvalue weighted by Crippen LogP contribution is 2.23. The Kier molecular flexibility index (Phi) is 5.35. The van der Waals surface area contributed by atoms with Gasteiger partial charge in [-0.1, -0.05) is 60.7 Å². The van der Waals surface area contributed by atoms with E-state index in [2.05, 4.69) is 14.8 Å². The number of rotatable bonds is 3. The summed E-state index contributed by atoms with van der Waals surface area (Å²) in [6.07, 6.45) is 0. The summed E-state index contributed by atoms with van der Waals surface area (Å²) in [4.78, 5) is 14.5. The predicted octanol–water partition coefficient (Wildman–Crippen LogP) is 2.41. The van der Waals surface area contributed by atoms with Crippen LogP contribution in [0.25, 0.3) is 11.4 Å². The summed E-state index contributed by atoms with van der Waals surface area (Å²) in [6.45, 7) is 1.70. The van der Waals surface area contributed by atoms with Crippen LogP contribution in [-0.2, 0) is 17.9 Å². The molecule has 0 radical (unpaired) electrons. The molecule has 7 heteroatoms. The van der Waals surface area contributed by atoms with E-state index in [1.807, 2.05) is 60.7 Å². The Morgan fingerprint density at radius 3 is 2.31 bits per heavy atom. The fraction of sp³-hybridized carbons (Fsp3) is 0.211. The van der Waals surface area contributed by atoms with Crippen LogP contribution in [0, 0.1) is 0 Å². The van der Waals surface area contributed by atoms with E-state index in [4.69, 9.17) is 5.73 Å². The van der Waals surface area contributed by atoms with Crippen LogP contribution in [0.5, 0.6) is 0 Å². The average Bonchev–Trinajstić information content (AvgIpc) is 3.11. The Morgan fingerprint density at radius 1 is 0.962 bits per heavy atom. The first-order valence-electron chi connectivity index (χ1n) is 8.31. The molecule has 3 aromatic rings. The molecule has 1 amide bonds. The molecule has 1 aliphatic rings. The summed E-state index contributed by atoms with van der Waals surface area (Å²) in [7, 11) is 0. The van der Waals surface area contributed by atoms with Crippen molar-refractivity contribution in [1.29, 1.82) is 0 Å². The first-order valence-corrected chi connectivity index (χ1v) is 8.31. The van der Waals surface area contributed by atoms with Crippen molar-refractivity contribution in [3.63, 3.8) is 0 Å². The van der Waals surface area contributed by atoms with Crippen LogP contribution in [0.2, 0.25) is 0 Å². The van der Waals surface area contributed by atoms with Gasteiger partial charge in [0.05, 0.1) is 6.54 Å². The largest absolute Gasteiger partial charge is 0.332 e. The molecule has 2 aromatic carbocycles. The molecular weight excluding hydrogens is 350 g/mol. The minimum Gasteiger partial charge on any atom is -0.332 e. The van der Waals surface area contributed by atoms with Crippen LogP contribution in [0.15, 0.2) is 60.7 Å². The van der Waals surface area contributed by atoms with Gasteiger partial charge in [0, 0.05) is 18.7 Å². The summed E-state index contributed by atoms with van der Waals surface area (Å²) in [5.41, 5.74) is 8.00. The van der Waals surface area contributed by atoms with Crippen LogP contribution in [0.4, 0.5) is 0 Å². The second-order valence-corrected chi connectivity index (χ2v) is 6.11. The van der Waals surface area contributed by atoms with E-state index in [1.165, 1.54) is 0 Å². The molecule has 0 spiro atoms. The molecule has 1 unspecified atom stereocenters. The van der Waals surface area contributed by atoms with E-state index < -0.39 is 6.04 Å².